The number of benzene rings is 3. The minimum atomic E-state index is -0.540. The number of para-hydroxylation sites is 1. The molecule has 1 aliphatic heterocycles. The summed E-state index contributed by atoms with van der Waals surface area (Å²) in [7, 11) is 0. The second-order valence-electron chi connectivity index (χ2n) is 7.75. The number of esters is 1. The lowest BCUT2D eigenvalue weighted by Crippen LogP contribution is -2.21. The highest BCUT2D eigenvalue weighted by Crippen LogP contribution is 2.43. The average molecular weight is 440 g/mol. The monoisotopic (exact) mass is 440 g/mol. The number of fused-ring (bicyclic) bond motifs is 1. The number of nitriles is 1. The normalized spacial score (nSPS) is 14.6. The van der Waals surface area contributed by atoms with Gasteiger partial charge in [-0.3, -0.25) is 0 Å². The van der Waals surface area contributed by atoms with Gasteiger partial charge in [-0.1, -0.05) is 55.5 Å². The zero-order chi connectivity index (χ0) is 23.4. The maximum atomic E-state index is 12.3. The van der Waals surface area contributed by atoms with Crippen molar-refractivity contribution in [1.29, 1.82) is 5.26 Å². The summed E-state index contributed by atoms with van der Waals surface area (Å²) in [6, 6.07) is 22.8. The van der Waals surface area contributed by atoms with Gasteiger partial charge in [0.2, 0.25) is 5.88 Å². The van der Waals surface area contributed by atoms with Crippen LogP contribution >= 0.6 is 0 Å². The first-order valence-corrected chi connectivity index (χ1v) is 10.7. The first-order chi connectivity index (χ1) is 16.0. The van der Waals surface area contributed by atoms with E-state index in [1.165, 1.54) is 5.56 Å². The number of allylic oxidation sites excluding steroid dienone is 1. The fourth-order valence-electron chi connectivity index (χ4n) is 3.80. The molecule has 2 N–H and O–H groups in total. The Morgan fingerprint density at radius 2 is 1.88 bits per heavy atom. The summed E-state index contributed by atoms with van der Waals surface area (Å²) in [5, 5.41) is 9.71. The Balaban J connectivity index is 1.55. The van der Waals surface area contributed by atoms with Crippen LogP contribution < -0.4 is 19.9 Å². The second kappa shape index (κ2) is 9.49. The lowest BCUT2D eigenvalue weighted by atomic mass is 9.83. The van der Waals surface area contributed by atoms with Gasteiger partial charge >= 0.3 is 5.97 Å². The summed E-state index contributed by atoms with van der Waals surface area (Å²) in [6.07, 6.45) is 0.927. The fourth-order valence-corrected chi connectivity index (χ4v) is 3.80. The van der Waals surface area contributed by atoms with Gasteiger partial charge in [0.1, 0.15) is 28.9 Å². The third-order valence-electron chi connectivity index (χ3n) is 5.58. The molecule has 6 heteroatoms. The number of carbonyl (C=O) groups is 1. The van der Waals surface area contributed by atoms with Crippen LogP contribution in [0.3, 0.4) is 0 Å². The molecule has 0 spiro atoms. The van der Waals surface area contributed by atoms with E-state index in [2.05, 4.69) is 13.0 Å². The summed E-state index contributed by atoms with van der Waals surface area (Å²) in [4.78, 5) is 12.3. The Kier molecular flexibility index (Phi) is 6.32. The van der Waals surface area contributed by atoms with Crippen LogP contribution in [0.2, 0.25) is 0 Å². The van der Waals surface area contributed by atoms with Crippen molar-refractivity contribution in [1.82, 2.24) is 0 Å². The van der Waals surface area contributed by atoms with Crippen LogP contribution in [0.15, 0.2) is 78.2 Å². The lowest BCUT2D eigenvalue weighted by Gasteiger charge is -2.26. The van der Waals surface area contributed by atoms with Crippen molar-refractivity contribution in [2.75, 3.05) is 6.61 Å². The molecule has 6 nitrogen and oxygen atoms in total. The number of hydrogen-bond donors (Lipinski definition) is 1. The molecule has 0 bridgehead atoms. The minimum absolute atomic E-state index is 0.0425. The molecule has 1 aliphatic rings. The molecule has 1 heterocycles. The largest absolute Gasteiger partial charge is 0.482 e. The zero-order valence-corrected chi connectivity index (χ0v) is 18.5. The minimum Gasteiger partial charge on any atom is -0.482 e. The number of aryl methyl sites for hydroxylation is 2. The van der Waals surface area contributed by atoms with Gasteiger partial charge in [-0.25, -0.2) is 4.79 Å². The average Bonchev–Trinajstić information content (AvgIpc) is 2.82. The quantitative estimate of drug-likeness (QED) is 0.439. The van der Waals surface area contributed by atoms with E-state index >= 15 is 0 Å². The van der Waals surface area contributed by atoms with Crippen LogP contribution in [0.4, 0.5) is 0 Å². The molecule has 3 aromatic rings. The Morgan fingerprint density at radius 3 is 2.58 bits per heavy atom. The van der Waals surface area contributed by atoms with Crippen molar-refractivity contribution >= 4 is 5.97 Å². The molecule has 33 heavy (non-hydrogen) atoms. The number of nitrogens with zero attached hydrogens (tertiary/aromatic N) is 1. The highest BCUT2D eigenvalue weighted by atomic mass is 16.6. The highest BCUT2D eigenvalue weighted by Gasteiger charge is 2.31. The number of rotatable bonds is 6. The number of ether oxygens (including phenoxy) is 3. The van der Waals surface area contributed by atoms with Gasteiger partial charge in [0, 0.05) is 11.6 Å². The van der Waals surface area contributed by atoms with Crippen LogP contribution in [-0.2, 0) is 11.2 Å². The van der Waals surface area contributed by atoms with Crippen LogP contribution in [0.25, 0.3) is 0 Å². The van der Waals surface area contributed by atoms with E-state index in [9.17, 15) is 10.1 Å². The molecule has 4 rings (SSSR count). The van der Waals surface area contributed by atoms with E-state index in [1.807, 2.05) is 49.4 Å². The summed E-state index contributed by atoms with van der Waals surface area (Å²) in [5.74, 6) is 0.519. The van der Waals surface area contributed by atoms with E-state index in [-0.39, 0.29) is 18.4 Å². The van der Waals surface area contributed by atoms with Gasteiger partial charge in [0.15, 0.2) is 6.61 Å². The maximum absolute atomic E-state index is 12.3. The molecule has 1 atom stereocenters. The molecular formula is C27H24N2O4. The number of hydrogen-bond acceptors (Lipinski definition) is 6. The summed E-state index contributed by atoms with van der Waals surface area (Å²) >= 11 is 0. The summed E-state index contributed by atoms with van der Waals surface area (Å²) < 4.78 is 16.7. The van der Waals surface area contributed by atoms with Crippen LogP contribution in [-0.4, -0.2) is 12.6 Å². The van der Waals surface area contributed by atoms with Crippen molar-refractivity contribution in [3.05, 3.63) is 100 Å². The first-order valence-electron chi connectivity index (χ1n) is 10.7. The Hall–Kier alpha value is -4.24. The molecule has 0 amide bonds. The Morgan fingerprint density at radius 1 is 1.12 bits per heavy atom. The SMILES string of the molecule is CCc1ccc(C2C(C#N)=C(N)Oc3cc(OC(=O)COc4ccccc4C)ccc32)cc1. The second-order valence-corrected chi connectivity index (χ2v) is 7.75. The highest BCUT2D eigenvalue weighted by molar-refractivity contribution is 5.74. The van der Waals surface area contributed by atoms with E-state index in [0.29, 0.717) is 22.8 Å². The molecule has 1 unspecified atom stereocenters. The zero-order valence-electron chi connectivity index (χ0n) is 18.5. The standard InChI is InChI=1S/C27H24N2O4/c1-3-18-8-10-19(11-9-18)26-21-13-12-20(14-24(21)33-27(29)22(26)15-28)32-25(30)16-31-23-7-5-4-6-17(23)2/h4-14,26H,3,16,29H2,1-2H3. The van der Waals surface area contributed by atoms with Crippen molar-refractivity contribution in [3.8, 4) is 23.3 Å². The molecule has 0 saturated carbocycles. The van der Waals surface area contributed by atoms with E-state index in [4.69, 9.17) is 19.9 Å². The number of carbonyl (C=O) groups excluding carboxylic acids is 1. The van der Waals surface area contributed by atoms with Crippen LogP contribution in [0, 0.1) is 18.3 Å². The smallest absolute Gasteiger partial charge is 0.349 e. The summed E-state index contributed by atoms with van der Waals surface area (Å²) in [5.41, 5.74) is 10.3. The van der Waals surface area contributed by atoms with E-state index in [1.54, 1.807) is 24.3 Å². The molecule has 3 aromatic carbocycles. The third kappa shape index (κ3) is 4.68. The van der Waals surface area contributed by atoms with E-state index < -0.39 is 5.97 Å². The van der Waals surface area contributed by atoms with Crippen molar-refractivity contribution in [3.63, 3.8) is 0 Å². The van der Waals surface area contributed by atoms with Gasteiger partial charge in [-0.2, -0.15) is 5.26 Å². The Labute approximate surface area is 192 Å². The van der Waals surface area contributed by atoms with Crippen LogP contribution in [0.5, 0.6) is 17.2 Å². The van der Waals surface area contributed by atoms with Crippen molar-refractivity contribution in [2.45, 2.75) is 26.2 Å². The van der Waals surface area contributed by atoms with Gasteiger partial charge in [-0.05, 0) is 42.2 Å². The topological polar surface area (TPSA) is 94.6 Å². The van der Waals surface area contributed by atoms with Gasteiger partial charge in [-0.15, -0.1) is 0 Å². The predicted molar refractivity (Wildman–Crippen MR) is 124 cm³/mol. The van der Waals surface area contributed by atoms with Crippen LogP contribution in [0.1, 0.15) is 35.1 Å². The van der Waals surface area contributed by atoms with Gasteiger partial charge in [0.05, 0.1) is 5.92 Å². The maximum Gasteiger partial charge on any atom is 0.349 e. The third-order valence-corrected chi connectivity index (χ3v) is 5.58. The van der Waals surface area contributed by atoms with Gasteiger partial charge in [0.25, 0.3) is 0 Å². The molecule has 0 fully saturated rings. The van der Waals surface area contributed by atoms with E-state index in [0.717, 1.165) is 23.1 Å². The predicted octanol–water partition coefficient (Wildman–Crippen LogP) is 4.76. The van der Waals surface area contributed by atoms with Crippen molar-refractivity contribution < 1.29 is 19.0 Å². The molecule has 166 valence electrons. The molecule has 0 aromatic heterocycles. The van der Waals surface area contributed by atoms with Gasteiger partial charge < -0.3 is 19.9 Å². The molecule has 0 aliphatic carbocycles. The lowest BCUT2D eigenvalue weighted by molar-refractivity contribution is -0.136. The molecule has 0 radical (unpaired) electrons. The first kappa shape index (κ1) is 22.0. The molecular weight excluding hydrogens is 416 g/mol. The summed E-state index contributed by atoms with van der Waals surface area (Å²) in [6.45, 7) is 3.77. The Bertz CT molecular complexity index is 1260. The molecule has 0 saturated heterocycles. The number of nitrogens with two attached hydrogens (primary N) is 1. The fraction of sp³-hybridized carbons (Fsp3) is 0.185. The van der Waals surface area contributed by atoms with Crippen molar-refractivity contribution in [2.24, 2.45) is 5.73 Å².